The van der Waals surface area contributed by atoms with E-state index in [9.17, 15) is 9.90 Å². The number of hydrogen-bond acceptors (Lipinski definition) is 6. The third kappa shape index (κ3) is 8.02. The Hall–Kier alpha value is -3.24. The molecule has 0 aromatic heterocycles. The molecular weight excluding hydrogens is 382 g/mol. The fourth-order valence-corrected chi connectivity index (χ4v) is 2.69. The molecule has 0 aliphatic rings. The lowest BCUT2D eigenvalue weighted by Crippen LogP contribution is -2.43. The number of carbonyl (C=O) groups excluding carboxylic acids is 1. The van der Waals surface area contributed by atoms with E-state index in [1.807, 2.05) is 30.3 Å². The minimum absolute atomic E-state index is 0.0178. The summed E-state index contributed by atoms with van der Waals surface area (Å²) >= 11 is 0. The molecule has 0 bridgehead atoms. The van der Waals surface area contributed by atoms with Crippen LogP contribution in [0.4, 0.5) is 10.5 Å². The Kier molecular flexibility index (Phi) is 8.07. The first-order valence-electron chi connectivity index (χ1n) is 9.79. The second-order valence-electron chi connectivity index (χ2n) is 8.02. The Bertz CT molecular complexity index is 869. The van der Waals surface area contributed by atoms with Gasteiger partial charge in [-0.05, 0) is 63.1 Å². The van der Waals surface area contributed by atoms with Crippen LogP contribution in [0.25, 0.3) is 0 Å². The molecule has 2 aromatic carbocycles. The van der Waals surface area contributed by atoms with Crippen LogP contribution in [0.5, 0.6) is 5.75 Å². The molecule has 160 valence electrons. The van der Waals surface area contributed by atoms with Crippen LogP contribution in [0.15, 0.2) is 48.5 Å². The van der Waals surface area contributed by atoms with E-state index < -0.39 is 17.8 Å². The van der Waals surface area contributed by atoms with Gasteiger partial charge in [0.25, 0.3) is 0 Å². The quantitative estimate of drug-likeness (QED) is 0.645. The second-order valence-corrected chi connectivity index (χ2v) is 8.02. The van der Waals surface area contributed by atoms with Crippen molar-refractivity contribution in [1.82, 2.24) is 4.90 Å². The molecule has 0 radical (unpaired) electrons. The molecule has 2 rings (SSSR count). The number of benzene rings is 2. The van der Waals surface area contributed by atoms with E-state index in [0.29, 0.717) is 30.0 Å². The predicted molar refractivity (Wildman–Crippen MR) is 115 cm³/mol. The van der Waals surface area contributed by atoms with Gasteiger partial charge < -0.3 is 25.2 Å². The first kappa shape index (κ1) is 23.0. The average molecular weight is 412 g/mol. The highest BCUT2D eigenvalue weighted by Crippen LogP contribution is 2.15. The molecule has 2 aromatic rings. The minimum Gasteiger partial charge on any atom is -0.491 e. The van der Waals surface area contributed by atoms with Crippen molar-refractivity contribution in [3.05, 3.63) is 59.7 Å². The smallest absolute Gasteiger partial charge is 0.410 e. The van der Waals surface area contributed by atoms with Crippen molar-refractivity contribution < 1.29 is 19.4 Å². The van der Waals surface area contributed by atoms with Gasteiger partial charge in [0.15, 0.2) is 0 Å². The first-order valence-corrected chi connectivity index (χ1v) is 9.79. The Morgan fingerprint density at radius 3 is 2.57 bits per heavy atom. The summed E-state index contributed by atoms with van der Waals surface area (Å²) in [6, 6.07) is 16.2. The van der Waals surface area contributed by atoms with Crippen molar-refractivity contribution >= 4 is 11.8 Å². The van der Waals surface area contributed by atoms with Gasteiger partial charge in [0.1, 0.15) is 24.1 Å². The normalized spacial score (nSPS) is 12.0. The number of carbonyl (C=O) groups is 1. The standard InChI is InChI=1S/C23H29N3O4/c1-23(2,3)30-22(28)26(12-11-17-7-9-19(25)10-8-17)15-20(27)16-29-21-6-4-5-18(13-21)14-24/h4-10,13,20,27H,11-12,15-16,25H2,1-3H3/t20-/m0/s1. The summed E-state index contributed by atoms with van der Waals surface area (Å²) in [4.78, 5) is 14.1. The van der Waals surface area contributed by atoms with Gasteiger partial charge in [0.2, 0.25) is 0 Å². The van der Waals surface area contributed by atoms with E-state index in [2.05, 4.69) is 0 Å². The summed E-state index contributed by atoms with van der Waals surface area (Å²) in [6.07, 6.45) is -0.824. The number of rotatable bonds is 8. The lowest BCUT2D eigenvalue weighted by molar-refractivity contribution is 0.00945. The third-order valence-electron chi connectivity index (χ3n) is 4.14. The predicted octanol–water partition coefficient (Wildman–Crippen LogP) is 3.36. The molecule has 7 heteroatoms. The molecule has 0 heterocycles. The number of amides is 1. The van der Waals surface area contributed by atoms with Crippen LogP contribution >= 0.6 is 0 Å². The highest BCUT2D eigenvalue weighted by molar-refractivity contribution is 5.68. The Morgan fingerprint density at radius 1 is 1.23 bits per heavy atom. The number of nitrogen functional groups attached to an aromatic ring is 1. The summed E-state index contributed by atoms with van der Waals surface area (Å²) in [7, 11) is 0. The van der Waals surface area contributed by atoms with E-state index in [1.165, 1.54) is 4.90 Å². The SMILES string of the molecule is CC(C)(C)OC(=O)N(CCc1ccc(N)cc1)C[C@H](O)COc1cccc(C#N)c1. The highest BCUT2D eigenvalue weighted by atomic mass is 16.6. The largest absolute Gasteiger partial charge is 0.491 e. The van der Waals surface area contributed by atoms with Crippen LogP contribution in [0.1, 0.15) is 31.9 Å². The Labute approximate surface area is 177 Å². The Morgan fingerprint density at radius 2 is 1.93 bits per heavy atom. The number of anilines is 1. The first-order chi connectivity index (χ1) is 14.2. The molecule has 0 aliphatic carbocycles. The molecule has 3 N–H and O–H groups in total. The van der Waals surface area contributed by atoms with Crippen molar-refractivity contribution in [2.24, 2.45) is 0 Å². The minimum atomic E-state index is -0.922. The number of hydrogen-bond donors (Lipinski definition) is 2. The molecule has 0 fully saturated rings. The maximum Gasteiger partial charge on any atom is 0.410 e. The van der Waals surface area contributed by atoms with Crippen molar-refractivity contribution in [2.45, 2.75) is 38.9 Å². The fourth-order valence-electron chi connectivity index (χ4n) is 2.69. The molecule has 0 unspecified atom stereocenters. The summed E-state index contributed by atoms with van der Waals surface area (Å²) < 4.78 is 11.1. The van der Waals surface area contributed by atoms with Crippen molar-refractivity contribution in [1.29, 1.82) is 5.26 Å². The van der Waals surface area contributed by atoms with Crippen LogP contribution in [-0.2, 0) is 11.2 Å². The maximum atomic E-state index is 12.6. The summed E-state index contributed by atoms with van der Waals surface area (Å²) in [5, 5.41) is 19.4. The maximum absolute atomic E-state index is 12.6. The topological polar surface area (TPSA) is 109 Å². The Balaban J connectivity index is 1.98. The van der Waals surface area contributed by atoms with Gasteiger partial charge in [-0.25, -0.2) is 4.79 Å². The molecule has 0 spiro atoms. The zero-order chi connectivity index (χ0) is 22.1. The van der Waals surface area contributed by atoms with Crippen molar-refractivity contribution in [3.63, 3.8) is 0 Å². The summed E-state index contributed by atoms with van der Waals surface area (Å²) in [6.45, 7) is 5.80. The van der Waals surface area contributed by atoms with E-state index in [4.69, 9.17) is 20.5 Å². The fraction of sp³-hybridized carbons (Fsp3) is 0.391. The lowest BCUT2D eigenvalue weighted by Gasteiger charge is -2.29. The molecule has 0 saturated carbocycles. The molecule has 30 heavy (non-hydrogen) atoms. The van der Waals surface area contributed by atoms with Gasteiger partial charge in [-0.2, -0.15) is 5.26 Å². The third-order valence-corrected chi connectivity index (χ3v) is 4.14. The van der Waals surface area contributed by atoms with Crippen LogP contribution in [0.2, 0.25) is 0 Å². The van der Waals surface area contributed by atoms with Crippen LogP contribution in [0.3, 0.4) is 0 Å². The number of nitriles is 1. The monoisotopic (exact) mass is 411 g/mol. The second kappa shape index (κ2) is 10.5. The molecule has 0 aliphatic heterocycles. The molecule has 7 nitrogen and oxygen atoms in total. The molecular formula is C23H29N3O4. The van der Waals surface area contributed by atoms with Gasteiger partial charge in [-0.1, -0.05) is 18.2 Å². The van der Waals surface area contributed by atoms with Gasteiger partial charge >= 0.3 is 6.09 Å². The number of aliphatic hydroxyl groups excluding tert-OH is 1. The average Bonchev–Trinajstić information content (AvgIpc) is 2.69. The van der Waals surface area contributed by atoms with Crippen molar-refractivity contribution in [3.8, 4) is 11.8 Å². The van der Waals surface area contributed by atoms with Gasteiger partial charge in [0.05, 0.1) is 18.2 Å². The number of nitrogens with zero attached hydrogens (tertiary/aromatic N) is 2. The molecule has 1 atom stereocenters. The van der Waals surface area contributed by atoms with Crippen LogP contribution < -0.4 is 10.5 Å². The number of nitrogens with two attached hydrogens (primary N) is 1. The molecule has 1 amide bonds. The van der Waals surface area contributed by atoms with E-state index in [0.717, 1.165) is 5.56 Å². The van der Waals surface area contributed by atoms with Crippen molar-refractivity contribution in [2.75, 3.05) is 25.4 Å². The number of ether oxygens (including phenoxy) is 2. The van der Waals surface area contributed by atoms with E-state index >= 15 is 0 Å². The van der Waals surface area contributed by atoms with Crippen LogP contribution in [-0.4, -0.2) is 47.5 Å². The van der Waals surface area contributed by atoms with Crippen LogP contribution in [0, 0.1) is 11.3 Å². The van der Waals surface area contributed by atoms with E-state index in [-0.39, 0.29) is 13.2 Å². The zero-order valence-corrected chi connectivity index (χ0v) is 17.7. The lowest BCUT2D eigenvalue weighted by atomic mass is 10.1. The van der Waals surface area contributed by atoms with Gasteiger partial charge in [-0.15, -0.1) is 0 Å². The molecule has 0 saturated heterocycles. The van der Waals surface area contributed by atoms with Gasteiger partial charge in [-0.3, -0.25) is 0 Å². The highest BCUT2D eigenvalue weighted by Gasteiger charge is 2.24. The summed E-state index contributed by atoms with van der Waals surface area (Å²) in [5.41, 5.74) is 7.25. The van der Waals surface area contributed by atoms with Gasteiger partial charge in [0, 0.05) is 12.2 Å². The van der Waals surface area contributed by atoms with E-state index in [1.54, 1.807) is 45.0 Å². The zero-order valence-electron chi connectivity index (χ0n) is 17.7. The summed E-state index contributed by atoms with van der Waals surface area (Å²) in [5.74, 6) is 0.485. The number of aliphatic hydroxyl groups is 1.